The van der Waals surface area contributed by atoms with Gasteiger partial charge in [0, 0.05) is 25.0 Å². The van der Waals surface area contributed by atoms with Crippen LogP contribution in [0, 0.1) is 6.92 Å². The highest BCUT2D eigenvalue weighted by molar-refractivity contribution is 6.31. The summed E-state index contributed by atoms with van der Waals surface area (Å²) in [6.07, 6.45) is 1.77. The van der Waals surface area contributed by atoms with Gasteiger partial charge >= 0.3 is 0 Å². The van der Waals surface area contributed by atoms with Gasteiger partial charge in [0.2, 0.25) is 0 Å². The second kappa shape index (κ2) is 6.92. The predicted molar refractivity (Wildman–Crippen MR) is 86.3 cm³/mol. The van der Waals surface area contributed by atoms with E-state index >= 15 is 0 Å². The molecule has 2 unspecified atom stereocenters. The molecule has 0 radical (unpaired) electrons. The number of hydrogen-bond acceptors (Lipinski definition) is 3. The van der Waals surface area contributed by atoms with Gasteiger partial charge < -0.3 is 5.73 Å². The third-order valence-corrected chi connectivity index (χ3v) is 5.17. The number of aryl methyl sites for hydroxylation is 2. The van der Waals surface area contributed by atoms with E-state index < -0.39 is 0 Å². The molecule has 20 heavy (non-hydrogen) atoms. The molecule has 5 heteroatoms. The third-order valence-electron chi connectivity index (χ3n) is 4.68. The summed E-state index contributed by atoms with van der Waals surface area (Å²) in [5.74, 6) is 0. The minimum atomic E-state index is -0.0228. The first kappa shape index (κ1) is 17.5. The Morgan fingerprint density at radius 3 is 2.25 bits per heavy atom. The highest BCUT2D eigenvalue weighted by Gasteiger charge is 2.35. The molecule has 0 fully saturated rings. The van der Waals surface area contributed by atoms with Gasteiger partial charge in [0.05, 0.1) is 16.4 Å². The molecule has 1 aromatic heterocycles. The monoisotopic (exact) mass is 300 g/mol. The molecule has 0 spiro atoms. The summed E-state index contributed by atoms with van der Waals surface area (Å²) < 4.78 is 1.86. The summed E-state index contributed by atoms with van der Waals surface area (Å²) in [6.45, 7) is 12.8. The van der Waals surface area contributed by atoms with E-state index in [4.69, 9.17) is 17.3 Å². The van der Waals surface area contributed by atoms with Gasteiger partial charge in [-0.2, -0.15) is 5.10 Å². The number of nitrogens with zero attached hydrogens (tertiary/aromatic N) is 3. The Morgan fingerprint density at radius 1 is 1.35 bits per heavy atom. The number of hydrogen-bond donors (Lipinski definition) is 1. The van der Waals surface area contributed by atoms with E-state index in [1.165, 1.54) is 0 Å². The maximum Gasteiger partial charge on any atom is 0.0847 e. The lowest BCUT2D eigenvalue weighted by Crippen LogP contribution is -2.58. The Bertz CT molecular complexity index is 439. The van der Waals surface area contributed by atoms with Crippen LogP contribution >= 0.6 is 11.6 Å². The molecule has 2 N–H and O–H groups in total. The van der Waals surface area contributed by atoms with Crippen LogP contribution in [0.1, 0.15) is 45.5 Å². The molecule has 0 aliphatic carbocycles. The highest BCUT2D eigenvalue weighted by Crippen LogP contribution is 2.27. The Balaban J connectivity index is 3.00. The number of likely N-dealkylation sites (N-methyl/N-ethyl adjacent to an activating group) is 1. The van der Waals surface area contributed by atoms with Crippen LogP contribution in [0.15, 0.2) is 0 Å². The van der Waals surface area contributed by atoms with Gasteiger partial charge in [-0.05, 0) is 33.4 Å². The second-order valence-corrected chi connectivity index (χ2v) is 6.04. The fourth-order valence-electron chi connectivity index (χ4n) is 3.00. The van der Waals surface area contributed by atoms with Crippen LogP contribution in [0.4, 0.5) is 0 Å². The normalized spacial score (nSPS) is 16.4. The van der Waals surface area contributed by atoms with Crippen molar-refractivity contribution in [2.75, 3.05) is 13.1 Å². The summed E-state index contributed by atoms with van der Waals surface area (Å²) in [6, 6.07) is 0.0275. The number of halogens is 1. The van der Waals surface area contributed by atoms with Crippen LogP contribution in [0.25, 0.3) is 0 Å². The number of rotatable bonds is 7. The zero-order valence-electron chi connectivity index (χ0n) is 13.7. The van der Waals surface area contributed by atoms with Crippen LogP contribution in [0.2, 0.25) is 5.02 Å². The van der Waals surface area contributed by atoms with Crippen molar-refractivity contribution in [3.05, 3.63) is 16.4 Å². The molecule has 0 aliphatic heterocycles. The van der Waals surface area contributed by atoms with Crippen LogP contribution in [-0.4, -0.2) is 39.4 Å². The first-order chi connectivity index (χ1) is 9.31. The standard InChI is InChI=1S/C15H29ClN4/c1-7-15(5,20(8-2)9-3)13(17)10-12-14(16)11(4)18-19(12)6/h13H,7-10,17H2,1-6H3. The molecule has 1 aromatic rings. The summed E-state index contributed by atoms with van der Waals surface area (Å²) in [5, 5.41) is 5.12. The molecule has 4 nitrogen and oxygen atoms in total. The van der Waals surface area contributed by atoms with Crippen molar-refractivity contribution in [2.45, 2.75) is 59.0 Å². The van der Waals surface area contributed by atoms with Gasteiger partial charge in [-0.15, -0.1) is 0 Å². The fourth-order valence-corrected chi connectivity index (χ4v) is 3.23. The molecular weight excluding hydrogens is 272 g/mol. The number of nitrogens with two attached hydrogens (primary N) is 1. The van der Waals surface area contributed by atoms with Crippen molar-refractivity contribution in [1.29, 1.82) is 0 Å². The average Bonchev–Trinajstić information content (AvgIpc) is 2.66. The van der Waals surface area contributed by atoms with Crippen molar-refractivity contribution in [1.82, 2.24) is 14.7 Å². The van der Waals surface area contributed by atoms with Crippen molar-refractivity contribution in [3.8, 4) is 0 Å². The number of aromatic nitrogens is 2. The maximum atomic E-state index is 6.55. The summed E-state index contributed by atoms with van der Waals surface area (Å²) in [7, 11) is 1.93. The van der Waals surface area contributed by atoms with Gasteiger partial charge in [-0.1, -0.05) is 32.4 Å². The van der Waals surface area contributed by atoms with Crippen molar-refractivity contribution < 1.29 is 0 Å². The minimum Gasteiger partial charge on any atom is -0.326 e. The summed E-state index contributed by atoms with van der Waals surface area (Å²) >= 11 is 6.35. The van der Waals surface area contributed by atoms with Gasteiger partial charge in [0.1, 0.15) is 0 Å². The Kier molecular flexibility index (Phi) is 6.05. The predicted octanol–water partition coefficient (Wildman–Crippen LogP) is 2.76. The second-order valence-electron chi connectivity index (χ2n) is 5.66. The molecule has 0 saturated carbocycles. The van der Waals surface area contributed by atoms with E-state index in [0.717, 1.165) is 42.3 Å². The molecule has 0 bridgehead atoms. The Morgan fingerprint density at radius 2 is 1.90 bits per heavy atom. The smallest absolute Gasteiger partial charge is 0.0847 e. The minimum absolute atomic E-state index is 0.0228. The van der Waals surface area contributed by atoms with Gasteiger partial charge in [-0.3, -0.25) is 9.58 Å². The van der Waals surface area contributed by atoms with E-state index in [1.54, 1.807) is 0 Å². The van der Waals surface area contributed by atoms with Crippen LogP contribution in [-0.2, 0) is 13.5 Å². The fraction of sp³-hybridized carbons (Fsp3) is 0.800. The molecular formula is C15H29ClN4. The van der Waals surface area contributed by atoms with E-state index in [9.17, 15) is 0 Å². The average molecular weight is 301 g/mol. The van der Waals surface area contributed by atoms with Gasteiger partial charge in [0.15, 0.2) is 0 Å². The van der Waals surface area contributed by atoms with Crippen LogP contribution in [0.3, 0.4) is 0 Å². The maximum absolute atomic E-state index is 6.55. The summed E-state index contributed by atoms with van der Waals surface area (Å²) in [4.78, 5) is 2.44. The van der Waals surface area contributed by atoms with E-state index in [-0.39, 0.29) is 11.6 Å². The zero-order chi connectivity index (χ0) is 15.5. The third kappa shape index (κ3) is 3.18. The van der Waals surface area contributed by atoms with E-state index in [1.807, 2.05) is 18.7 Å². The summed E-state index contributed by atoms with van der Waals surface area (Å²) in [5.41, 5.74) is 8.43. The SMILES string of the molecule is CCN(CC)C(C)(CC)C(N)Cc1c(Cl)c(C)nn1C. The van der Waals surface area contributed by atoms with E-state index in [2.05, 4.69) is 37.7 Å². The van der Waals surface area contributed by atoms with Crippen LogP contribution in [0.5, 0.6) is 0 Å². The van der Waals surface area contributed by atoms with Crippen molar-refractivity contribution in [2.24, 2.45) is 12.8 Å². The lowest BCUT2D eigenvalue weighted by molar-refractivity contribution is 0.0839. The van der Waals surface area contributed by atoms with Crippen LogP contribution < -0.4 is 5.73 Å². The molecule has 1 rings (SSSR count). The Hall–Kier alpha value is -0.580. The molecule has 0 aromatic carbocycles. The quantitative estimate of drug-likeness (QED) is 0.842. The molecule has 0 saturated heterocycles. The zero-order valence-corrected chi connectivity index (χ0v) is 14.5. The molecule has 1 heterocycles. The van der Waals surface area contributed by atoms with Gasteiger partial charge in [0.25, 0.3) is 0 Å². The lowest BCUT2D eigenvalue weighted by Gasteiger charge is -2.44. The molecule has 0 aliphatic rings. The topological polar surface area (TPSA) is 47.1 Å². The molecule has 116 valence electrons. The lowest BCUT2D eigenvalue weighted by atomic mass is 9.85. The first-order valence-corrected chi connectivity index (χ1v) is 7.88. The van der Waals surface area contributed by atoms with Gasteiger partial charge in [-0.25, -0.2) is 0 Å². The van der Waals surface area contributed by atoms with Crippen molar-refractivity contribution >= 4 is 11.6 Å². The molecule has 0 amide bonds. The largest absolute Gasteiger partial charge is 0.326 e. The first-order valence-electron chi connectivity index (χ1n) is 7.50. The highest BCUT2D eigenvalue weighted by atomic mass is 35.5. The van der Waals surface area contributed by atoms with Crippen molar-refractivity contribution in [3.63, 3.8) is 0 Å². The van der Waals surface area contributed by atoms with E-state index in [0.29, 0.717) is 0 Å². The Labute approximate surface area is 128 Å². The molecule has 2 atom stereocenters.